The summed E-state index contributed by atoms with van der Waals surface area (Å²) < 4.78 is 16.5. The van der Waals surface area contributed by atoms with Gasteiger partial charge in [0.2, 0.25) is 0 Å². The van der Waals surface area contributed by atoms with Gasteiger partial charge in [0.1, 0.15) is 18.3 Å². The second-order valence-electron chi connectivity index (χ2n) is 7.40. The van der Waals surface area contributed by atoms with Gasteiger partial charge in [-0.3, -0.25) is 4.79 Å². The van der Waals surface area contributed by atoms with E-state index in [9.17, 15) is 19.5 Å². The summed E-state index contributed by atoms with van der Waals surface area (Å²) in [5.74, 6) is -2.38. The molecule has 2 rings (SSSR count). The lowest BCUT2D eigenvalue weighted by molar-refractivity contribution is -0.148. The molecule has 1 fully saturated rings. The molecule has 0 amide bonds. The van der Waals surface area contributed by atoms with Crippen molar-refractivity contribution < 1.29 is 38.8 Å². The Hall–Kier alpha value is -2.71. The van der Waals surface area contributed by atoms with Crippen molar-refractivity contribution in [1.29, 1.82) is 0 Å². The van der Waals surface area contributed by atoms with E-state index in [1.54, 1.807) is 19.1 Å². The van der Waals surface area contributed by atoms with Crippen molar-refractivity contribution in [1.82, 2.24) is 0 Å². The molecule has 2 N–H and O–H groups in total. The van der Waals surface area contributed by atoms with Crippen LogP contribution in [0.15, 0.2) is 47.1 Å². The van der Waals surface area contributed by atoms with Gasteiger partial charge in [0.25, 0.3) is 0 Å². The second-order valence-corrected chi connectivity index (χ2v) is 7.40. The molecule has 164 valence electrons. The molecule has 2 aliphatic rings. The fraction of sp³-hybridized carbons (Fsp3) is 0.500. The van der Waals surface area contributed by atoms with E-state index >= 15 is 0 Å². The summed E-state index contributed by atoms with van der Waals surface area (Å²) in [6, 6.07) is 0. The van der Waals surface area contributed by atoms with Crippen LogP contribution in [-0.4, -0.2) is 59.6 Å². The fourth-order valence-electron chi connectivity index (χ4n) is 3.51. The van der Waals surface area contributed by atoms with Crippen LogP contribution >= 0.6 is 0 Å². The molecular formula is C22H28O8. The molecule has 0 unspecified atom stereocenters. The Bertz CT molecular complexity index is 804. The number of fused-ring (bicyclic) bond motifs is 1. The lowest BCUT2D eigenvalue weighted by Gasteiger charge is -2.29. The zero-order valence-electron chi connectivity index (χ0n) is 17.4. The number of ether oxygens (including phenoxy) is 3. The Morgan fingerprint density at radius 2 is 2.00 bits per heavy atom. The van der Waals surface area contributed by atoms with Crippen LogP contribution in [0.1, 0.15) is 33.6 Å². The molecule has 0 spiro atoms. The number of aliphatic hydroxyl groups excluding tert-OH is 2. The molecule has 8 heteroatoms. The predicted octanol–water partition coefficient (Wildman–Crippen LogP) is 1.53. The number of carbonyl (C=O) groups excluding carboxylic acids is 3. The maximum absolute atomic E-state index is 12.5. The van der Waals surface area contributed by atoms with E-state index in [0.717, 1.165) is 0 Å². The molecule has 1 aliphatic carbocycles. The number of rotatable bonds is 5. The van der Waals surface area contributed by atoms with Crippen molar-refractivity contribution in [2.24, 2.45) is 5.92 Å². The molecule has 1 saturated heterocycles. The zero-order valence-corrected chi connectivity index (χ0v) is 17.4. The molecule has 0 radical (unpaired) electrons. The number of carbonyl (C=O) groups is 3. The van der Waals surface area contributed by atoms with Crippen molar-refractivity contribution in [3.8, 4) is 0 Å². The van der Waals surface area contributed by atoms with E-state index < -0.39 is 42.1 Å². The van der Waals surface area contributed by atoms with E-state index in [1.807, 2.05) is 0 Å². The highest BCUT2D eigenvalue weighted by atomic mass is 16.6. The van der Waals surface area contributed by atoms with E-state index in [0.29, 0.717) is 17.6 Å². The average molecular weight is 420 g/mol. The summed E-state index contributed by atoms with van der Waals surface area (Å²) >= 11 is 0. The molecule has 4 atom stereocenters. The third-order valence-electron chi connectivity index (χ3n) is 5.17. The number of hydrogen-bond acceptors (Lipinski definition) is 8. The number of esters is 3. The van der Waals surface area contributed by atoms with Gasteiger partial charge in [-0.1, -0.05) is 12.7 Å². The summed E-state index contributed by atoms with van der Waals surface area (Å²) in [5, 5.41) is 18.8. The Kier molecular flexibility index (Phi) is 8.14. The SMILES string of the molecule is C=C1C(=O)O[C@H]2/C=C(/C)[C@@H](OC(C)=O)C/C=C(/CO)C[C@@H](OC(=O)/C(C)=C/CO)[C@@H]12. The largest absolute Gasteiger partial charge is 0.458 e. The van der Waals surface area contributed by atoms with E-state index in [4.69, 9.17) is 19.3 Å². The highest BCUT2D eigenvalue weighted by Gasteiger charge is 2.45. The first-order valence-electron chi connectivity index (χ1n) is 9.70. The molecule has 0 aromatic carbocycles. The molecular weight excluding hydrogens is 392 g/mol. The summed E-state index contributed by atoms with van der Waals surface area (Å²) in [4.78, 5) is 36.2. The molecule has 8 nitrogen and oxygen atoms in total. The lowest BCUT2D eigenvalue weighted by Crippen LogP contribution is -2.34. The Morgan fingerprint density at radius 3 is 2.60 bits per heavy atom. The van der Waals surface area contributed by atoms with Gasteiger partial charge in [0.15, 0.2) is 0 Å². The third-order valence-corrected chi connectivity index (χ3v) is 5.17. The quantitative estimate of drug-likeness (QED) is 0.297. The second kappa shape index (κ2) is 10.4. The van der Waals surface area contributed by atoms with E-state index in [-0.39, 0.29) is 30.8 Å². The Labute approximate surface area is 175 Å². The van der Waals surface area contributed by atoms with Crippen LogP contribution in [0.25, 0.3) is 0 Å². The van der Waals surface area contributed by atoms with Gasteiger partial charge in [-0.2, -0.15) is 0 Å². The molecule has 0 saturated carbocycles. The zero-order chi connectivity index (χ0) is 22.4. The minimum Gasteiger partial charge on any atom is -0.458 e. The molecule has 30 heavy (non-hydrogen) atoms. The molecule has 1 heterocycles. The van der Waals surface area contributed by atoms with Gasteiger partial charge in [0.05, 0.1) is 19.1 Å². The van der Waals surface area contributed by atoms with Gasteiger partial charge in [-0.05, 0) is 37.1 Å². The van der Waals surface area contributed by atoms with Gasteiger partial charge in [-0.25, -0.2) is 9.59 Å². The van der Waals surface area contributed by atoms with Crippen LogP contribution < -0.4 is 0 Å². The van der Waals surface area contributed by atoms with E-state index in [1.165, 1.54) is 19.9 Å². The van der Waals surface area contributed by atoms with Crippen LogP contribution in [0.2, 0.25) is 0 Å². The van der Waals surface area contributed by atoms with Gasteiger partial charge in [0, 0.05) is 30.9 Å². The first-order valence-corrected chi connectivity index (χ1v) is 9.70. The fourth-order valence-corrected chi connectivity index (χ4v) is 3.51. The maximum Gasteiger partial charge on any atom is 0.334 e. The van der Waals surface area contributed by atoms with Crippen molar-refractivity contribution in [2.45, 2.75) is 51.9 Å². The maximum atomic E-state index is 12.5. The number of aliphatic hydroxyl groups is 2. The molecule has 0 aromatic heterocycles. The third kappa shape index (κ3) is 5.67. The first-order chi connectivity index (χ1) is 14.2. The minimum absolute atomic E-state index is 0.144. The van der Waals surface area contributed by atoms with Crippen molar-refractivity contribution in [3.63, 3.8) is 0 Å². The predicted molar refractivity (Wildman–Crippen MR) is 107 cm³/mol. The van der Waals surface area contributed by atoms with E-state index in [2.05, 4.69) is 6.58 Å². The smallest absolute Gasteiger partial charge is 0.334 e. The highest BCUT2D eigenvalue weighted by molar-refractivity contribution is 5.92. The van der Waals surface area contributed by atoms with Gasteiger partial charge < -0.3 is 24.4 Å². The van der Waals surface area contributed by atoms with Crippen molar-refractivity contribution >= 4 is 17.9 Å². The first kappa shape index (κ1) is 23.6. The highest BCUT2D eigenvalue weighted by Crippen LogP contribution is 2.36. The van der Waals surface area contributed by atoms with Gasteiger partial charge in [-0.15, -0.1) is 0 Å². The standard InChI is InChI=1S/C22H28O8/c1-12(7-8-23)21(26)29-19-10-16(11-24)5-6-17(28-15(4)25)13(2)9-18-20(19)14(3)22(27)30-18/h5,7,9,17-20,23-24H,3,6,8,10-11H2,1-2,4H3/b12-7+,13-9-,16-5+/t17-,18-,19+,20-/m0/s1. The molecule has 0 aromatic rings. The monoisotopic (exact) mass is 420 g/mol. The van der Waals surface area contributed by atoms with Crippen LogP contribution in [0, 0.1) is 5.92 Å². The van der Waals surface area contributed by atoms with Crippen LogP contribution in [0.4, 0.5) is 0 Å². The Morgan fingerprint density at radius 1 is 1.30 bits per heavy atom. The Balaban J connectivity index is 2.46. The van der Waals surface area contributed by atoms with Crippen molar-refractivity contribution in [3.05, 3.63) is 47.1 Å². The van der Waals surface area contributed by atoms with Crippen LogP contribution in [0.5, 0.6) is 0 Å². The molecule has 0 bridgehead atoms. The summed E-state index contributed by atoms with van der Waals surface area (Å²) in [5.41, 5.74) is 1.61. The number of hydrogen-bond donors (Lipinski definition) is 2. The minimum atomic E-state index is -0.823. The average Bonchev–Trinajstić information content (AvgIpc) is 2.95. The van der Waals surface area contributed by atoms with Crippen molar-refractivity contribution in [2.75, 3.05) is 13.2 Å². The summed E-state index contributed by atoms with van der Waals surface area (Å²) in [6.07, 6.45) is 3.04. The topological polar surface area (TPSA) is 119 Å². The van der Waals surface area contributed by atoms with Crippen LogP contribution in [0.3, 0.4) is 0 Å². The molecule has 1 aliphatic heterocycles. The summed E-state index contributed by atoms with van der Waals surface area (Å²) in [6.45, 7) is 7.77. The van der Waals surface area contributed by atoms with Crippen LogP contribution in [-0.2, 0) is 28.6 Å². The normalized spacial score (nSPS) is 30.9. The lowest BCUT2D eigenvalue weighted by atomic mass is 9.85. The van der Waals surface area contributed by atoms with Gasteiger partial charge >= 0.3 is 17.9 Å². The summed E-state index contributed by atoms with van der Waals surface area (Å²) in [7, 11) is 0.